The summed E-state index contributed by atoms with van der Waals surface area (Å²) in [5.74, 6) is -0.772. The van der Waals surface area contributed by atoms with Crippen molar-refractivity contribution in [3.63, 3.8) is 0 Å². The van der Waals surface area contributed by atoms with Gasteiger partial charge in [0.15, 0.2) is 0 Å². The number of ether oxygens (including phenoxy) is 2. The van der Waals surface area contributed by atoms with Crippen LogP contribution in [-0.4, -0.2) is 44.6 Å². The van der Waals surface area contributed by atoms with Gasteiger partial charge in [0, 0.05) is 6.61 Å². The lowest BCUT2D eigenvalue weighted by Crippen LogP contribution is -2.43. The largest absolute Gasteiger partial charge is 0.444 e. The van der Waals surface area contributed by atoms with Gasteiger partial charge in [0.1, 0.15) is 11.4 Å². The molecular weight excluding hydrogens is 289 g/mol. The molecule has 1 aliphatic rings. The number of nitrogens with one attached hydrogen (secondary N) is 1. The predicted molar refractivity (Wildman–Crippen MR) is 71.6 cm³/mol. The zero-order valence-electron chi connectivity index (χ0n) is 12.0. The van der Waals surface area contributed by atoms with E-state index in [1.54, 1.807) is 20.8 Å². The maximum atomic E-state index is 12.8. The van der Waals surface area contributed by atoms with Crippen LogP contribution in [0.1, 0.15) is 40.0 Å². The Balaban J connectivity index is 2.59. The maximum absolute atomic E-state index is 12.8. The van der Waals surface area contributed by atoms with E-state index in [0.717, 1.165) is 12.8 Å². The Hall–Kier alpha value is -0.890. The lowest BCUT2D eigenvalue weighted by atomic mass is 10.1. The van der Waals surface area contributed by atoms with Crippen molar-refractivity contribution in [3.8, 4) is 0 Å². The van der Waals surface area contributed by atoms with E-state index in [2.05, 4.69) is 5.32 Å². The molecule has 20 heavy (non-hydrogen) atoms. The molecule has 0 aromatic carbocycles. The molecule has 1 saturated heterocycles. The summed E-state index contributed by atoms with van der Waals surface area (Å²) in [5.41, 5.74) is -0.701. The van der Waals surface area contributed by atoms with Crippen molar-refractivity contribution in [2.24, 2.45) is 0 Å². The Morgan fingerprint density at radius 3 is 2.60 bits per heavy atom. The second-order valence-corrected chi connectivity index (χ2v) is 7.33. The minimum atomic E-state index is -4.68. The van der Waals surface area contributed by atoms with Gasteiger partial charge < -0.3 is 14.8 Å². The third-order valence-electron chi connectivity index (χ3n) is 2.69. The molecule has 1 amide bonds. The SMILES string of the molecule is CC(C)(C)OC(=O)NC(CC1CCCO1)CS(=O)(=O)F. The van der Waals surface area contributed by atoms with Crippen LogP contribution < -0.4 is 5.32 Å². The highest BCUT2D eigenvalue weighted by Gasteiger charge is 2.28. The minimum absolute atomic E-state index is 0.156. The molecular formula is C12H22FNO5S. The zero-order valence-corrected chi connectivity index (χ0v) is 12.8. The molecule has 0 aromatic rings. The first-order chi connectivity index (χ1) is 9.05. The number of halogens is 1. The van der Waals surface area contributed by atoms with Gasteiger partial charge in [0.05, 0.1) is 12.1 Å². The average molecular weight is 311 g/mol. The van der Waals surface area contributed by atoms with E-state index in [4.69, 9.17) is 9.47 Å². The fraction of sp³-hybridized carbons (Fsp3) is 0.917. The van der Waals surface area contributed by atoms with Crippen LogP contribution in [0.2, 0.25) is 0 Å². The standard InChI is InChI=1S/C12H22FNO5S/c1-12(2,3)19-11(15)14-9(8-20(13,16)17)7-10-5-4-6-18-10/h9-10H,4-8H2,1-3H3,(H,14,15). The fourth-order valence-electron chi connectivity index (χ4n) is 2.03. The Kier molecular flexibility index (Phi) is 5.76. The molecule has 0 radical (unpaired) electrons. The summed E-state index contributed by atoms with van der Waals surface area (Å²) in [6.45, 7) is 5.67. The average Bonchev–Trinajstić information content (AvgIpc) is 2.63. The van der Waals surface area contributed by atoms with Gasteiger partial charge in [-0.3, -0.25) is 0 Å². The molecule has 2 atom stereocenters. The van der Waals surface area contributed by atoms with Crippen molar-refractivity contribution in [1.29, 1.82) is 0 Å². The predicted octanol–water partition coefficient (Wildman–Crippen LogP) is 1.75. The Morgan fingerprint density at radius 2 is 2.15 bits per heavy atom. The van der Waals surface area contributed by atoms with Crippen molar-refractivity contribution < 1.29 is 26.6 Å². The smallest absolute Gasteiger partial charge is 0.407 e. The molecule has 2 unspecified atom stereocenters. The number of hydrogen-bond acceptors (Lipinski definition) is 5. The summed E-state index contributed by atoms with van der Waals surface area (Å²) >= 11 is 0. The summed E-state index contributed by atoms with van der Waals surface area (Å²) in [4.78, 5) is 11.6. The lowest BCUT2D eigenvalue weighted by Gasteiger charge is -2.24. The van der Waals surface area contributed by atoms with Crippen molar-refractivity contribution in [2.75, 3.05) is 12.4 Å². The Bertz CT molecular complexity index is 426. The number of amides is 1. The van der Waals surface area contributed by atoms with Gasteiger partial charge in [-0.05, 0) is 40.0 Å². The Labute approximate surface area is 119 Å². The summed E-state index contributed by atoms with van der Waals surface area (Å²) in [6.07, 6.45) is 0.994. The molecule has 118 valence electrons. The molecule has 1 fully saturated rings. The number of hydrogen-bond donors (Lipinski definition) is 1. The van der Waals surface area contributed by atoms with Gasteiger partial charge in [0.2, 0.25) is 0 Å². The molecule has 1 rings (SSSR count). The van der Waals surface area contributed by atoms with Gasteiger partial charge in [0.25, 0.3) is 0 Å². The van der Waals surface area contributed by atoms with Crippen LogP contribution in [-0.2, 0) is 19.7 Å². The van der Waals surface area contributed by atoms with Crippen LogP contribution in [0.5, 0.6) is 0 Å². The van der Waals surface area contributed by atoms with Gasteiger partial charge in [-0.2, -0.15) is 8.42 Å². The summed E-state index contributed by atoms with van der Waals surface area (Å²) < 4.78 is 44.8. The van der Waals surface area contributed by atoms with Crippen molar-refractivity contribution in [1.82, 2.24) is 5.32 Å². The van der Waals surface area contributed by atoms with Crippen molar-refractivity contribution in [3.05, 3.63) is 0 Å². The number of alkyl carbamates (subject to hydrolysis) is 1. The fourth-order valence-corrected chi connectivity index (χ4v) is 2.73. The number of carbonyl (C=O) groups is 1. The summed E-state index contributed by atoms with van der Waals surface area (Å²) in [6, 6.07) is -0.858. The Morgan fingerprint density at radius 1 is 1.50 bits per heavy atom. The normalized spacial score (nSPS) is 21.5. The highest BCUT2D eigenvalue weighted by Crippen LogP contribution is 2.18. The molecule has 8 heteroatoms. The van der Waals surface area contributed by atoms with E-state index < -0.39 is 33.7 Å². The third kappa shape index (κ3) is 7.64. The zero-order chi connectivity index (χ0) is 15.4. The van der Waals surface area contributed by atoms with Crippen LogP contribution in [0.4, 0.5) is 8.68 Å². The van der Waals surface area contributed by atoms with E-state index in [1.165, 1.54) is 0 Å². The molecule has 0 aliphatic carbocycles. The van der Waals surface area contributed by atoms with Crippen molar-refractivity contribution in [2.45, 2.75) is 57.8 Å². The maximum Gasteiger partial charge on any atom is 0.407 e. The molecule has 1 aliphatic heterocycles. The molecule has 6 nitrogen and oxygen atoms in total. The van der Waals surface area contributed by atoms with E-state index in [0.29, 0.717) is 6.61 Å². The second kappa shape index (κ2) is 6.71. The highest BCUT2D eigenvalue weighted by molar-refractivity contribution is 7.86. The van der Waals surface area contributed by atoms with Gasteiger partial charge in [-0.1, -0.05) is 0 Å². The van der Waals surface area contributed by atoms with Gasteiger partial charge >= 0.3 is 16.3 Å². The lowest BCUT2D eigenvalue weighted by molar-refractivity contribution is 0.0477. The quantitative estimate of drug-likeness (QED) is 0.782. The summed E-state index contributed by atoms with van der Waals surface area (Å²) in [5, 5.41) is 2.40. The van der Waals surface area contributed by atoms with E-state index in [1.807, 2.05) is 0 Å². The molecule has 0 bridgehead atoms. The summed E-state index contributed by atoms with van der Waals surface area (Å²) in [7, 11) is -4.68. The van der Waals surface area contributed by atoms with E-state index in [9.17, 15) is 17.1 Å². The molecule has 1 N–H and O–H groups in total. The first-order valence-electron chi connectivity index (χ1n) is 6.58. The van der Waals surface area contributed by atoms with Crippen LogP contribution in [0.25, 0.3) is 0 Å². The molecule has 0 saturated carbocycles. The van der Waals surface area contributed by atoms with E-state index >= 15 is 0 Å². The monoisotopic (exact) mass is 311 g/mol. The van der Waals surface area contributed by atoms with E-state index in [-0.39, 0.29) is 12.5 Å². The minimum Gasteiger partial charge on any atom is -0.444 e. The van der Waals surface area contributed by atoms with Crippen molar-refractivity contribution >= 4 is 16.3 Å². The van der Waals surface area contributed by atoms with Crippen LogP contribution in [0.15, 0.2) is 0 Å². The highest BCUT2D eigenvalue weighted by atomic mass is 32.3. The van der Waals surface area contributed by atoms with Crippen LogP contribution in [0, 0.1) is 0 Å². The first kappa shape index (κ1) is 17.2. The molecule has 1 heterocycles. The molecule has 0 spiro atoms. The second-order valence-electron chi connectivity index (χ2n) is 5.92. The van der Waals surface area contributed by atoms with Gasteiger partial charge in [-0.15, -0.1) is 3.89 Å². The third-order valence-corrected chi connectivity index (χ3v) is 3.49. The van der Waals surface area contributed by atoms with Crippen LogP contribution in [0.3, 0.4) is 0 Å². The number of carbonyl (C=O) groups excluding carboxylic acids is 1. The van der Waals surface area contributed by atoms with Gasteiger partial charge in [-0.25, -0.2) is 4.79 Å². The molecule has 0 aromatic heterocycles. The van der Waals surface area contributed by atoms with Crippen LogP contribution >= 0.6 is 0 Å². The topological polar surface area (TPSA) is 81.7 Å². The first-order valence-corrected chi connectivity index (χ1v) is 8.14. The number of rotatable bonds is 5.